The third-order valence-electron chi connectivity index (χ3n) is 2.87. The number of hydrogen-bond donors (Lipinski definition) is 1. The molecule has 1 fully saturated rings. The summed E-state index contributed by atoms with van der Waals surface area (Å²) in [6.07, 6.45) is 0. The molecule has 0 aliphatic carbocycles. The number of anilines is 1. The van der Waals surface area contributed by atoms with Crippen molar-refractivity contribution in [1.29, 1.82) is 0 Å². The molecule has 0 amide bonds. The average molecular weight is 256 g/mol. The molecule has 0 spiro atoms. The molecule has 1 aromatic carbocycles. The molecule has 0 bridgehead atoms. The summed E-state index contributed by atoms with van der Waals surface area (Å²) in [7, 11) is 1.15. The van der Waals surface area contributed by atoms with Gasteiger partial charge in [-0.25, -0.2) is 4.39 Å². The summed E-state index contributed by atoms with van der Waals surface area (Å²) >= 11 is 0. The van der Waals surface area contributed by atoms with E-state index < -0.39 is 10.8 Å². The molecule has 0 aromatic heterocycles. The molecule has 5 heteroatoms. The van der Waals surface area contributed by atoms with Crippen molar-refractivity contribution >= 4 is 16.5 Å². The van der Waals surface area contributed by atoms with Crippen LogP contribution in [0.15, 0.2) is 18.2 Å². The second-order valence-corrected chi connectivity index (χ2v) is 5.88. The van der Waals surface area contributed by atoms with Crippen LogP contribution in [0.3, 0.4) is 0 Å². The van der Waals surface area contributed by atoms with E-state index in [1.165, 1.54) is 0 Å². The predicted octanol–water partition coefficient (Wildman–Crippen LogP) is 1.11. The summed E-state index contributed by atoms with van der Waals surface area (Å²) in [6.45, 7) is 2.15. The minimum Gasteiger partial charge on any atom is -0.370 e. The van der Waals surface area contributed by atoms with E-state index in [9.17, 15) is 8.60 Å². The third-order valence-corrected chi connectivity index (χ3v) is 4.14. The maximum absolute atomic E-state index is 13.5. The van der Waals surface area contributed by atoms with E-state index in [2.05, 4.69) is 10.2 Å². The first-order chi connectivity index (χ1) is 8.19. The number of nitrogens with one attached hydrogen (secondary N) is 1. The Bertz CT molecular complexity index is 415. The van der Waals surface area contributed by atoms with Crippen molar-refractivity contribution in [2.45, 2.75) is 6.54 Å². The summed E-state index contributed by atoms with van der Waals surface area (Å²) < 4.78 is 24.7. The molecule has 1 aliphatic heterocycles. The second-order valence-electron chi connectivity index (χ2n) is 4.18. The highest BCUT2D eigenvalue weighted by atomic mass is 32.2. The van der Waals surface area contributed by atoms with Gasteiger partial charge >= 0.3 is 0 Å². The van der Waals surface area contributed by atoms with Crippen molar-refractivity contribution in [2.75, 3.05) is 36.5 Å². The summed E-state index contributed by atoms with van der Waals surface area (Å²) in [5.74, 6) is 1.15. The summed E-state index contributed by atoms with van der Waals surface area (Å²) in [5.41, 5.74) is 1.83. The molecule has 0 atom stereocenters. The van der Waals surface area contributed by atoms with Gasteiger partial charge in [-0.1, -0.05) is 0 Å². The average Bonchev–Trinajstić information content (AvgIpc) is 2.29. The van der Waals surface area contributed by atoms with E-state index in [0.29, 0.717) is 18.1 Å². The molecule has 3 nitrogen and oxygen atoms in total. The smallest absolute Gasteiger partial charge is 0.125 e. The van der Waals surface area contributed by atoms with Crippen LogP contribution in [0.4, 0.5) is 10.1 Å². The number of benzene rings is 1. The topological polar surface area (TPSA) is 32.3 Å². The lowest BCUT2D eigenvalue weighted by molar-refractivity contribution is 0.622. The van der Waals surface area contributed by atoms with Crippen molar-refractivity contribution in [3.63, 3.8) is 0 Å². The van der Waals surface area contributed by atoms with Gasteiger partial charge in [0, 0.05) is 47.6 Å². The minimum absolute atomic E-state index is 0.209. The summed E-state index contributed by atoms with van der Waals surface area (Å²) in [6, 6.07) is 5.09. The van der Waals surface area contributed by atoms with Crippen LogP contribution >= 0.6 is 0 Å². The molecule has 1 aromatic rings. The molecule has 2 rings (SSSR count). The Labute approximate surface area is 103 Å². The lowest BCUT2D eigenvalue weighted by Crippen LogP contribution is -2.37. The van der Waals surface area contributed by atoms with E-state index in [1.54, 1.807) is 12.1 Å². The molecular weight excluding hydrogens is 239 g/mol. The van der Waals surface area contributed by atoms with Crippen LogP contribution in [0, 0.1) is 5.82 Å². The quantitative estimate of drug-likeness (QED) is 0.879. The van der Waals surface area contributed by atoms with Crippen LogP contribution in [0.2, 0.25) is 0 Å². The van der Waals surface area contributed by atoms with E-state index in [0.717, 1.165) is 24.3 Å². The number of halogens is 1. The van der Waals surface area contributed by atoms with E-state index in [1.807, 2.05) is 13.1 Å². The molecule has 1 aliphatic rings. The van der Waals surface area contributed by atoms with Crippen molar-refractivity contribution in [2.24, 2.45) is 0 Å². The highest BCUT2D eigenvalue weighted by Crippen LogP contribution is 2.20. The molecule has 94 valence electrons. The van der Waals surface area contributed by atoms with Crippen LogP contribution < -0.4 is 10.2 Å². The molecular formula is C12H17FN2OS. The van der Waals surface area contributed by atoms with E-state index >= 15 is 0 Å². The Morgan fingerprint density at radius 1 is 1.35 bits per heavy atom. The fraction of sp³-hybridized carbons (Fsp3) is 0.500. The summed E-state index contributed by atoms with van der Waals surface area (Å²) in [5, 5.41) is 3.01. The fourth-order valence-electron chi connectivity index (χ4n) is 2.02. The van der Waals surface area contributed by atoms with Gasteiger partial charge in [-0.05, 0) is 30.8 Å². The Hall–Kier alpha value is -0.940. The monoisotopic (exact) mass is 256 g/mol. The molecule has 1 saturated heterocycles. The Morgan fingerprint density at radius 2 is 2.06 bits per heavy atom. The van der Waals surface area contributed by atoms with Gasteiger partial charge in [0.05, 0.1) is 0 Å². The maximum Gasteiger partial charge on any atom is 0.125 e. The van der Waals surface area contributed by atoms with Crippen molar-refractivity contribution < 1.29 is 8.60 Å². The van der Waals surface area contributed by atoms with Gasteiger partial charge in [0.2, 0.25) is 0 Å². The van der Waals surface area contributed by atoms with Crippen LogP contribution in [0.5, 0.6) is 0 Å². The first kappa shape index (κ1) is 12.5. The number of nitrogens with zero attached hydrogens (tertiary/aromatic N) is 1. The molecule has 0 saturated carbocycles. The highest BCUT2D eigenvalue weighted by Gasteiger charge is 2.16. The molecule has 1 N–H and O–H groups in total. The Balaban J connectivity index is 2.16. The predicted molar refractivity (Wildman–Crippen MR) is 69.3 cm³/mol. The normalized spacial score (nSPS) is 17.4. The zero-order valence-electron chi connectivity index (χ0n) is 9.91. The lowest BCUT2D eigenvalue weighted by Gasteiger charge is -2.28. The SMILES string of the molecule is CNCc1cc(F)cc(N2CCS(=O)CC2)c1. The van der Waals surface area contributed by atoms with Gasteiger partial charge < -0.3 is 10.2 Å². The van der Waals surface area contributed by atoms with Gasteiger partial charge in [0.15, 0.2) is 0 Å². The van der Waals surface area contributed by atoms with Gasteiger partial charge in [-0.3, -0.25) is 4.21 Å². The highest BCUT2D eigenvalue weighted by molar-refractivity contribution is 7.85. The van der Waals surface area contributed by atoms with E-state index in [-0.39, 0.29) is 5.82 Å². The zero-order valence-corrected chi connectivity index (χ0v) is 10.7. The molecule has 1 heterocycles. The standard InChI is InChI=1S/C12H17FN2OS/c1-14-9-10-6-11(13)8-12(7-10)15-2-4-17(16)5-3-15/h6-8,14H,2-5,9H2,1H3. The fourth-order valence-corrected chi connectivity index (χ4v) is 3.07. The van der Waals surface area contributed by atoms with E-state index in [4.69, 9.17) is 0 Å². The minimum atomic E-state index is -0.697. The first-order valence-corrected chi connectivity index (χ1v) is 7.22. The Kier molecular flexibility index (Phi) is 4.12. The van der Waals surface area contributed by atoms with Crippen LogP contribution in [0.25, 0.3) is 0 Å². The number of hydrogen-bond acceptors (Lipinski definition) is 3. The lowest BCUT2D eigenvalue weighted by atomic mass is 10.1. The van der Waals surface area contributed by atoms with Crippen molar-refractivity contribution in [3.05, 3.63) is 29.6 Å². The van der Waals surface area contributed by atoms with Crippen LogP contribution in [0.1, 0.15) is 5.56 Å². The third kappa shape index (κ3) is 3.26. The van der Waals surface area contributed by atoms with Gasteiger partial charge in [-0.2, -0.15) is 0 Å². The summed E-state index contributed by atoms with van der Waals surface area (Å²) in [4.78, 5) is 2.10. The maximum atomic E-state index is 13.5. The van der Waals surface area contributed by atoms with Crippen molar-refractivity contribution in [3.8, 4) is 0 Å². The molecule has 17 heavy (non-hydrogen) atoms. The van der Waals surface area contributed by atoms with Crippen LogP contribution in [-0.4, -0.2) is 35.9 Å². The molecule has 0 unspecified atom stereocenters. The van der Waals surface area contributed by atoms with Crippen molar-refractivity contribution in [1.82, 2.24) is 5.32 Å². The largest absolute Gasteiger partial charge is 0.370 e. The zero-order chi connectivity index (χ0) is 12.3. The Morgan fingerprint density at radius 3 is 2.71 bits per heavy atom. The molecule has 0 radical (unpaired) electrons. The van der Waals surface area contributed by atoms with Crippen LogP contribution in [-0.2, 0) is 17.3 Å². The van der Waals surface area contributed by atoms with Gasteiger partial charge in [-0.15, -0.1) is 0 Å². The van der Waals surface area contributed by atoms with Gasteiger partial charge in [0.1, 0.15) is 5.82 Å². The first-order valence-electron chi connectivity index (χ1n) is 5.73. The number of rotatable bonds is 3. The van der Waals surface area contributed by atoms with Gasteiger partial charge in [0.25, 0.3) is 0 Å². The second kappa shape index (κ2) is 5.60.